The number of phenols is 1. The topological polar surface area (TPSA) is 102 Å². The van der Waals surface area contributed by atoms with E-state index in [1.54, 1.807) is 6.07 Å². The zero-order chi connectivity index (χ0) is 20.7. The Kier molecular flexibility index (Phi) is 5.49. The highest BCUT2D eigenvalue weighted by atomic mass is 16.9. The molecule has 1 fully saturated rings. The fourth-order valence-corrected chi connectivity index (χ4v) is 4.92. The van der Waals surface area contributed by atoms with Crippen LogP contribution in [-0.4, -0.2) is 33.6 Å². The summed E-state index contributed by atoms with van der Waals surface area (Å²) < 4.78 is 6.34. The predicted octanol–water partition coefficient (Wildman–Crippen LogP) is 4.07. The molecule has 0 spiro atoms. The normalized spacial score (nSPS) is 26.0. The van der Waals surface area contributed by atoms with Gasteiger partial charge in [-0.1, -0.05) is 13.8 Å². The van der Waals surface area contributed by atoms with Crippen LogP contribution in [0.2, 0.25) is 0 Å². The molecule has 0 unspecified atom stereocenters. The summed E-state index contributed by atoms with van der Waals surface area (Å²) in [4.78, 5) is 14.7. The van der Waals surface area contributed by atoms with Gasteiger partial charge in [-0.2, -0.15) is 0 Å². The Morgan fingerprint density at radius 2 is 2.07 bits per heavy atom. The van der Waals surface area contributed by atoms with Crippen molar-refractivity contribution in [2.75, 3.05) is 6.61 Å². The first-order valence-electron chi connectivity index (χ1n) is 10.0. The van der Waals surface area contributed by atoms with Gasteiger partial charge in [0.15, 0.2) is 0 Å². The lowest BCUT2D eigenvalue weighted by molar-refractivity contribution is -0.757. The maximum atomic E-state index is 10.9. The van der Waals surface area contributed by atoms with Crippen molar-refractivity contribution in [1.82, 2.24) is 0 Å². The number of hydrogen-bond donors (Lipinski definition) is 2. The lowest BCUT2D eigenvalue weighted by atomic mass is 9.65. The summed E-state index contributed by atoms with van der Waals surface area (Å²) in [5.74, 6) is 1.23. The molecule has 0 aromatic heterocycles. The number of benzene rings is 1. The van der Waals surface area contributed by atoms with Gasteiger partial charge in [-0.15, -0.1) is 10.1 Å². The van der Waals surface area contributed by atoms with Crippen LogP contribution in [0.1, 0.15) is 76.8 Å². The van der Waals surface area contributed by atoms with Crippen molar-refractivity contribution in [3.8, 4) is 11.5 Å². The van der Waals surface area contributed by atoms with E-state index in [9.17, 15) is 20.3 Å². The molecular formula is C21H31NO6. The number of aliphatic hydroxyl groups is 1. The van der Waals surface area contributed by atoms with Gasteiger partial charge in [0.05, 0.1) is 12.7 Å². The van der Waals surface area contributed by atoms with Crippen LogP contribution in [0, 0.1) is 16.0 Å². The van der Waals surface area contributed by atoms with Gasteiger partial charge in [-0.3, -0.25) is 0 Å². The average Bonchev–Trinajstić information content (AvgIpc) is 2.57. The highest BCUT2D eigenvalue weighted by Crippen LogP contribution is 2.55. The van der Waals surface area contributed by atoms with Crippen LogP contribution in [0.15, 0.2) is 12.1 Å². The molecule has 0 saturated heterocycles. The van der Waals surface area contributed by atoms with Crippen molar-refractivity contribution in [3.63, 3.8) is 0 Å². The molecule has 3 rings (SSSR count). The van der Waals surface area contributed by atoms with Crippen LogP contribution >= 0.6 is 0 Å². The van der Waals surface area contributed by atoms with Crippen LogP contribution < -0.4 is 4.74 Å². The van der Waals surface area contributed by atoms with Gasteiger partial charge in [0.2, 0.25) is 0 Å². The fourth-order valence-electron chi connectivity index (χ4n) is 4.92. The van der Waals surface area contributed by atoms with Crippen LogP contribution in [0.4, 0.5) is 0 Å². The van der Waals surface area contributed by atoms with Gasteiger partial charge in [-0.25, -0.2) is 0 Å². The molecular weight excluding hydrogens is 362 g/mol. The SMILES string of the molecule is CC(C)(CCCO[N+](=O)[O-])c1cc(O)c2c(c1)OC(C)(C)[C@@H]1CC[C@@H](O)C[C@@H]21. The summed E-state index contributed by atoms with van der Waals surface area (Å²) in [6.45, 7) is 8.30. The van der Waals surface area contributed by atoms with Gasteiger partial charge >= 0.3 is 0 Å². The molecule has 28 heavy (non-hydrogen) atoms. The number of fused-ring (bicyclic) bond motifs is 3. The summed E-state index contributed by atoms with van der Waals surface area (Å²) in [6, 6.07) is 3.77. The molecule has 1 aliphatic carbocycles. The van der Waals surface area contributed by atoms with Crippen LogP contribution in [0.3, 0.4) is 0 Å². The molecule has 2 N–H and O–H groups in total. The van der Waals surface area contributed by atoms with E-state index in [0.29, 0.717) is 25.0 Å². The third-order valence-electron chi connectivity index (χ3n) is 6.50. The van der Waals surface area contributed by atoms with Crippen LogP contribution in [0.25, 0.3) is 0 Å². The van der Waals surface area contributed by atoms with E-state index in [-0.39, 0.29) is 41.3 Å². The molecule has 0 amide bonds. The molecule has 1 heterocycles. The zero-order valence-corrected chi connectivity index (χ0v) is 17.1. The molecule has 156 valence electrons. The standard InChI is InChI=1S/C21H31NO6/c1-20(2,8-5-9-27-22(25)26)13-10-17(24)19-15-12-14(23)6-7-16(15)21(3,4)28-18(19)11-13/h10-11,14-16,23-24H,5-9,12H2,1-4H3/t14-,15-,16-/m1/s1. The first-order valence-corrected chi connectivity index (χ1v) is 10.0. The van der Waals surface area contributed by atoms with Crippen molar-refractivity contribution >= 4 is 0 Å². The second-order valence-electron chi connectivity index (χ2n) is 9.34. The van der Waals surface area contributed by atoms with Gasteiger partial charge in [0, 0.05) is 17.4 Å². The minimum Gasteiger partial charge on any atom is -0.508 e. The van der Waals surface area contributed by atoms with Gasteiger partial charge in [-0.05, 0) is 69.1 Å². The van der Waals surface area contributed by atoms with E-state index in [4.69, 9.17) is 4.74 Å². The first kappa shape index (κ1) is 20.7. The van der Waals surface area contributed by atoms with Crippen molar-refractivity contribution in [2.45, 2.75) is 82.8 Å². The number of ether oxygens (including phenoxy) is 1. The Labute approximate surface area is 165 Å². The average molecular weight is 393 g/mol. The molecule has 2 aliphatic rings. The molecule has 1 saturated carbocycles. The molecule has 0 bridgehead atoms. The molecule has 0 radical (unpaired) electrons. The fraction of sp³-hybridized carbons (Fsp3) is 0.714. The quantitative estimate of drug-likeness (QED) is 0.429. The molecule has 3 atom stereocenters. The maximum Gasteiger partial charge on any atom is 0.294 e. The van der Waals surface area contributed by atoms with Gasteiger partial charge in [0.25, 0.3) is 5.09 Å². The first-order chi connectivity index (χ1) is 13.0. The van der Waals surface area contributed by atoms with Crippen LogP contribution in [0.5, 0.6) is 11.5 Å². The number of rotatable bonds is 6. The number of nitrogens with zero attached hydrogens (tertiary/aromatic N) is 1. The Balaban J connectivity index is 1.88. The second kappa shape index (κ2) is 7.43. The number of aliphatic hydroxyl groups excluding tert-OH is 1. The third kappa shape index (κ3) is 4.04. The monoisotopic (exact) mass is 393 g/mol. The maximum absolute atomic E-state index is 10.9. The summed E-state index contributed by atoms with van der Waals surface area (Å²) in [7, 11) is 0. The third-order valence-corrected chi connectivity index (χ3v) is 6.50. The number of hydrogen-bond acceptors (Lipinski definition) is 6. The second-order valence-corrected chi connectivity index (χ2v) is 9.34. The number of aromatic hydroxyl groups is 1. The smallest absolute Gasteiger partial charge is 0.294 e. The van der Waals surface area contributed by atoms with Gasteiger partial charge in [0.1, 0.15) is 17.1 Å². The largest absolute Gasteiger partial charge is 0.508 e. The van der Waals surface area contributed by atoms with E-state index < -0.39 is 5.09 Å². The van der Waals surface area contributed by atoms with Crippen molar-refractivity contribution in [1.29, 1.82) is 0 Å². The van der Waals surface area contributed by atoms with Crippen LogP contribution in [-0.2, 0) is 10.3 Å². The Morgan fingerprint density at radius 3 is 2.75 bits per heavy atom. The minimum absolute atomic E-state index is 0.0541. The van der Waals surface area contributed by atoms with E-state index in [2.05, 4.69) is 18.7 Å². The number of phenolic OH excluding ortho intramolecular Hbond substituents is 1. The molecule has 7 nitrogen and oxygen atoms in total. The Hall–Kier alpha value is -2.02. The van der Waals surface area contributed by atoms with Crippen molar-refractivity contribution < 1.29 is 24.9 Å². The summed E-state index contributed by atoms with van der Waals surface area (Å²) in [5, 5.41) is 30.6. The van der Waals surface area contributed by atoms with Gasteiger partial charge < -0.3 is 19.8 Å². The van der Waals surface area contributed by atoms with E-state index in [1.807, 2.05) is 19.9 Å². The zero-order valence-electron chi connectivity index (χ0n) is 17.1. The van der Waals surface area contributed by atoms with E-state index in [0.717, 1.165) is 24.0 Å². The summed E-state index contributed by atoms with van der Waals surface area (Å²) >= 11 is 0. The predicted molar refractivity (Wildman–Crippen MR) is 104 cm³/mol. The molecule has 7 heteroatoms. The molecule has 1 aromatic carbocycles. The van der Waals surface area contributed by atoms with E-state index in [1.165, 1.54) is 0 Å². The Bertz CT molecular complexity index is 745. The minimum atomic E-state index is -0.775. The lowest BCUT2D eigenvalue weighted by Gasteiger charge is -2.48. The molecule has 1 aromatic rings. The lowest BCUT2D eigenvalue weighted by Crippen LogP contribution is -2.47. The summed E-state index contributed by atoms with van der Waals surface area (Å²) in [5.41, 5.74) is 1.06. The van der Waals surface area contributed by atoms with E-state index >= 15 is 0 Å². The van der Waals surface area contributed by atoms with Crippen molar-refractivity contribution in [2.24, 2.45) is 5.92 Å². The Morgan fingerprint density at radius 1 is 1.36 bits per heavy atom. The molecule has 1 aliphatic heterocycles. The highest BCUT2D eigenvalue weighted by Gasteiger charge is 2.47. The highest BCUT2D eigenvalue weighted by molar-refractivity contribution is 5.53. The van der Waals surface area contributed by atoms with Crippen molar-refractivity contribution in [3.05, 3.63) is 33.4 Å². The summed E-state index contributed by atoms with van der Waals surface area (Å²) in [6.07, 6.45) is 3.14.